The van der Waals surface area contributed by atoms with E-state index in [1.165, 1.54) is 62.6 Å². The minimum atomic E-state index is -0.407. The van der Waals surface area contributed by atoms with E-state index in [1.54, 1.807) is 0 Å². The molecule has 0 bridgehead atoms. The molecule has 0 aliphatic rings. The lowest BCUT2D eigenvalue weighted by atomic mass is 10.6. The topological polar surface area (TPSA) is 107 Å². The third-order valence-corrected chi connectivity index (χ3v) is 0.390. The van der Waals surface area contributed by atoms with Crippen LogP contribution in [0.5, 0.6) is 0 Å². The first-order valence-corrected chi connectivity index (χ1v) is 5.99. The van der Waals surface area contributed by atoms with Gasteiger partial charge in [0.2, 0.25) is 0 Å². The number of hydrogen-bond donors (Lipinski definition) is 1. The zero-order valence-corrected chi connectivity index (χ0v) is 14.5. The lowest BCUT2D eigenvalue weighted by Gasteiger charge is -1.90. The highest BCUT2D eigenvalue weighted by molar-refractivity contribution is 5.72. The summed E-state index contributed by atoms with van der Waals surface area (Å²) in [4.78, 5) is 47.0. The van der Waals surface area contributed by atoms with Crippen LogP contribution >= 0.6 is 0 Å². The summed E-state index contributed by atoms with van der Waals surface area (Å²) in [7, 11) is 2.82. The Balaban J connectivity index is -0.0000000519. The summed E-state index contributed by atoms with van der Waals surface area (Å²) in [6.45, 7) is 10.6. The third-order valence-electron chi connectivity index (χ3n) is 0.390. The van der Waals surface area contributed by atoms with Gasteiger partial charge < -0.3 is 29.2 Å². The van der Waals surface area contributed by atoms with Gasteiger partial charge in [0.1, 0.15) is 23.6 Å². The molecule has 0 aromatic rings. The molecule has 0 heterocycles. The first-order valence-electron chi connectivity index (χ1n) is 5.99. The number of amides is 1. The van der Waals surface area contributed by atoms with Crippen LogP contribution in [-0.4, -0.2) is 43.9 Å². The Bertz CT molecular complexity index is 241. The van der Waals surface area contributed by atoms with Gasteiger partial charge in [0.05, 0.1) is 7.11 Å². The molecule has 21 heavy (non-hydrogen) atoms. The second kappa shape index (κ2) is 30.8. The van der Waals surface area contributed by atoms with E-state index in [4.69, 9.17) is 4.79 Å². The van der Waals surface area contributed by atoms with Crippen LogP contribution < -0.4 is 5.32 Å². The fourth-order valence-electron chi connectivity index (χ4n) is 0.102. The molecule has 1 amide bonds. The molecule has 7 nitrogen and oxygen atoms in total. The predicted octanol–water partition coefficient (Wildman–Crippen LogP) is 1.96. The molecule has 1 N–H and O–H groups in total. The van der Waals surface area contributed by atoms with Gasteiger partial charge >= 0.3 is 6.09 Å². The predicted molar refractivity (Wildman–Crippen MR) is 82.3 cm³/mol. The molecule has 0 aliphatic carbocycles. The normalized spacial score (nSPS) is 6.33. The monoisotopic (exact) mass is 307 g/mol. The van der Waals surface area contributed by atoms with Gasteiger partial charge in [-0.1, -0.05) is 0 Å². The number of nitrogens with one attached hydrogen (secondary N) is 1. The van der Waals surface area contributed by atoms with Crippen molar-refractivity contribution in [3.05, 3.63) is 0 Å². The lowest BCUT2D eigenvalue weighted by Crippen LogP contribution is -2.16. The van der Waals surface area contributed by atoms with Gasteiger partial charge in [0.15, 0.2) is 0 Å². The number of rotatable bonds is 0. The molecule has 0 rings (SSSR count). The molecular formula is C14H29NO6. The SMILES string of the molecule is CC(C)=O.CC(C)=O.CC(C)=O.CC=O.CNC(=O)OC. The average Bonchev–Trinajstić information content (AvgIpc) is 2.26. The Kier molecular flexibility index (Phi) is 45.9. The first-order chi connectivity index (χ1) is 9.42. The second-order valence-corrected chi connectivity index (χ2v) is 3.70. The maximum Gasteiger partial charge on any atom is 0.406 e. The van der Waals surface area contributed by atoms with Gasteiger partial charge in [-0.05, 0) is 48.5 Å². The van der Waals surface area contributed by atoms with Gasteiger partial charge in [0, 0.05) is 7.05 Å². The Morgan fingerprint density at radius 1 is 0.810 bits per heavy atom. The van der Waals surface area contributed by atoms with E-state index in [0.29, 0.717) is 0 Å². The van der Waals surface area contributed by atoms with Gasteiger partial charge in [0.25, 0.3) is 0 Å². The van der Waals surface area contributed by atoms with Crippen molar-refractivity contribution in [2.45, 2.75) is 48.5 Å². The van der Waals surface area contributed by atoms with Crippen LogP contribution in [0.15, 0.2) is 0 Å². The molecule has 0 unspecified atom stereocenters. The van der Waals surface area contributed by atoms with Crippen molar-refractivity contribution >= 4 is 29.7 Å². The Morgan fingerprint density at radius 2 is 0.952 bits per heavy atom. The molecular weight excluding hydrogens is 278 g/mol. The molecule has 126 valence electrons. The third kappa shape index (κ3) is 1200. The van der Waals surface area contributed by atoms with Gasteiger partial charge in [-0.2, -0.15) is 0 Å². The number of methoxy groups -OCH3 is 1. The van der Waals surface area contributed by atoms with Crippen LogP contribution in [0.4, 0.5) is 4.79 Å². The quantitative estimate of drug-likeness (QED) is 0.686. The minimum Gasteiger partial charge on any atom is -0.453 e. The largest absolute Gasteiger partial charge is 0.453 e. The summed E-state index contributed by atoms with van der Waals surface area (Å²) in [5.74, 6) is 0.500. The molecule has 0 spiro atoms. The van der Waals surface area contributed by atoms with E-state index in [9.17, 15) is 19.2 Å². The Hall–Kier alpha value is -2.05. The number of carbonyl (C=O) groups is 5. The number of hydrogen-bond acceptors (Lipinski definition) is 6. The second-order valence-electron chi connectivity index (χ2n) is 3.70. The highest BCUT2D eigenvalue weighted by Crippen LogP contribution is 1.62. The molecule has 0 saturated heterocycles. The van der Waals surface area contributed by atoms with Crippen molar-refractivity contribution in [3.63, 3.8) is 0 Å². The van der Waals surface area contributed by atoms with Crippen LogP contribution in [0.1, 0.15) is 48.5 Å². The summed E-state index contributed by atoms with van der Waals surface area (Å²) >= 11 is 0. The van der Waals surface area contributed by atoms with Crippen molar-refractivity contribution in [1.82, 2.24) is 5.32 Å². The fraction of sp³-hybridized carbons (Fsp3) is 0.643. The molecule has 0 aliphatic heterocycles. The summed E-state index contributed by atoms with van der Waals surface area (Å²) in [6.07, 6.45) is 0.343. The number of aldehydes is 1. The zero-order chi connectivity index (χ0) is 18.4. The minimum absolute atomic E-state index is 0.167. The van der Waals surface area contributed by atoms with Crippen LogP contribution in [0, 0.1) is 0 Å². The van der Waals surface area contributed by atoms with Crippen LogP contribution in [0.25, 0.3) is 0 Å². The zero-order valence-electron chi connectivity index (χ0n) is 14.5. The van der Waals surface area contributed by atoms with E-state index < -0.39 is 6.09 Å². The maximum absolute atomic E-state index is 9.85. The lowest BCUT2D eigenvalue weighted by molar-refractivity contribution is -0.115. The van der Waals surface area contributed by atoms with Crippen LogP contribution in [-0.2, 0) is 23.9 Å². The molecule has 0 radical (unpaired) electrons. The first kappa shape index (κ1) is 31.4. The van der Waals surface area contributed by atoms with Gasteiger partial charge in [-0.15, -0.1) is 0 Å². The molecule has 0 fully saturated rings. The Labute approximate surface area is 127 Å². The molecule has 0 aromatic carbocycles. The van der Waals surface area contributed by atoms with Crippen molar-refractivity contribution in [3.8, 4) is 0 Å². The highest BCUT2D eigenvalue weighted by Gasteiger charge is 1.85. The van der Waals surface area contributed by atoms with Crippen molar-refractivity contribution in [2.24, 2.45) is 0 Å². The molecule has 0 aromatic heterocycles. The standard InChI is InChI=1S/C3H7NO2.3C3H6O.C2H4O/c1-4-3(5)6-2;3*1-3(2)4;1-2-3/h1-2H3,(H,4,5);3*1-2H3;2H,1H3. The van der Waals surface area contributed by atoms with Crippen molar-refractivity contribution in [1.29, 1.82) is 0 Å². The Morgan fingerprint density at radius 3 is 0.952 bits per heavy atom. The average molecular weight is 307 g/mol. The number of ketones is 3. The van der Waals surface area contributed by atoms with Crippen LogP contribution in [0.2, 0.25) is 0 Å². The highest BCUT2D eigenvalue weighted by atomic mass is 16.5. The molecule has 0 saturated carbocycles. The van der Waals surface area contributed by atoms with Crippen molar-refractivity contribution < 1.29 is 28.7 Å². The summed E-state index contributed by atoms with van der Waals surface area (Å²) in [5, 5.41) is 2.25. The summed E-state index contributed by atoms with van der Waals surface area (Å²) < 4.78 is 4.15. The maximum atomic E-state index is 9.85. The van der Waals surface area contributed by atoms with Gasteiger partial charge in [-0.3, -0.25) is 0 Å². The summed E-state index contributed by atoms with van der Waals surface area (Å²) in [5.41, 5.74) is 0. The number of Topliss-reactive ketones (excluding diaryl/α,β-unsaturated/α-hetero) is 3. The van der Waals surface area contributed by atoms with E-state index in [0.717, 1.165) is 6.29 Å². The van der Waals surface area contributed by atoms with E-state index >= 15 is 0 Å². The number of ether oxygens (including phenoxy) is 1. The van der Waals surface area contributed by atoms with E-state index in [1.807, 2.05) is 0 Å². The van der Waals surface area contributed by atoms with Crippen molar-refractivity contribution in [2.75, 3.05) is 14.2 Å². The molecule has 7 heteroatoms. The fourth-order valence-corrected chi connectivity index (χ4v) is 0.102. The summed E-state index contributed by atoms with van der Waals surface area (Å²) in [6, 6.07) is 0. The molecule has 0 atom stereocenters. The number of carbonyl (C=O) groups excluding carboxylic acids is 5. The van der Waals surface area contributed by atoms with Crippen LogP contribution in [0.3, 0.4) is 0 Å². The smallest absolute Gasteiger partial charge is 0.406 e. The van der Waals surface area contributed by atoms with E-state index in [2.05, 4.69) is 10.1 Å². The van der Waals surface area contributed by atoms with Gasteiger partial charge in [-0.25, -0.2) is 4.79 Å². The number of alkyl carbamates (subject to hydrolysis) is 1. The van der Waals surface area contributed by atoms with E-state index in [-0.39, 0.29) is 17.3 Å².